The molecule has 3 aromatic rings. The number of aromatic amines is 1. The van der Waals surface area contributed by atoms with Crippen molar-refractivity contribution in [2.75, 3.05) is 18.0 Å². The third kappa shape index (κ3) is 2.89. The van der Waals surface area contributed by atoms with Crippen LogP contribution in [0.3, 0.4) is 0 Å². The minimum atomic E-state index is -0.557. The second-order valence-corrected chi connectivity index (χ2v) is 6.81. The monoisotopic (exact) mass is 361 g/mol. The summed E-state index contributed by atoms with van der Waals surface area (Å²) in [6.07, 6.45) is 3.59. The van der Waals surface area contributed by atoms with Crippen LogP contribution in [0.4, 0.5) is 5.82 Å². The molecule has 0 bridgehead atoms. The molecule has 0 unspecified atom stereocenters. The quantitative estimate of drug-likeness (QED) is 0.752. The van der Waals surface area contributed by atoms with Gasteiger partial charge in [0.1, 0.15) is 11.9 Å². The van der Waals surface area contributed by atoms with Crippen LogP contribution < -0.4 is 16.1 Å². The number of fused-ring (bicyclic) bond motifs is 1. The summed E-state index contributed by atoms with van der Waals surface area (Å²) >= 11 is 0. The van der Waals surface area contributed by atoms with E-state index in [2.05, 4.69) is 22.1 Å². The van der Waals surface area contributed by atoms with Crippen LogP contribution in [0, 0.1) is 11.3 Å². The Kier molecular flexibility index (Phi) is 4.24. The number of rotatable bonds is 2. The van der Waals surface area contributed by atoms with Crippen molar-refractivity contribution in [1.82, 2.24) is 14.5 Å². The number of nitrogens with zero attached hydrogens (tertiary/aromatic N) is 4. The number of nitriles is 1. The Morgan fingerprint density at radius 1 is 1.19 bits per heavy atom. The number of benzene rings is 1. The number of pyridine rings is 1. The van der Waals surface area contributed by atoms with Gasteiger partial charge in [0.05, 0.1) is 5.52 Å². The van der Waals surface area contributed by atoms with Crippen molar-refractivity contribution in [3.63, 3.8) is 0 Å². The van der Waals surface area contributed by atoms with Crippen LogP contribution in [0.25, 0.3) is 10.9 Å². The molecule has 27 heavy (non-hydrogen) atoms. The van der Waals surface area contributed by atoms with Gasteiger partial charge in [-0.1, -0.05) is 18.2 Å². The minimum Gasteiger partial charge on any atom is -0.357 e. The van der Waals surface area contributed by atoms with Crippen LogP contribution in [0.1, 0.15) is 29.9 Å². The predicted molar refractivity (Wildman–Crippen MR) is 103 cm³/mol. The largest absolute Gasteiger partial charge is 0.357 e. The normalized spacial score (nSPS) is 15.0. The fourth-order valence-corrected chi connectivity index (χ4v) is 3.83. The second-order valence-electron chi connectivity index (χ2n) is 6.81. The van der Waals surface area contributed by atoms with E-state index in [9.17, 15) is 14.9 Å². The maximum Gasteiger partial charge on any atom is 0.329 e. The highest BCUT2D eigenvalue weighted by molar-refractivity contribution is 5.82. The molecule has 1 N–H and O–H groups in total. The number of anilines is 1. The van der Waals surface area contributed by atoms with Crippen molar-refractivity contribution in [2.24, 2.45) is 7.05 Å². The molecule has 0 radical (unpaired) electrons. The smallest absolute Gasteiger partial charge is 0.329 e. The Bertz CT molecular complexity index is 1160. The van der Waals surface area contributed by atoms with Crippen molar-refractivity contribution < 1.29 is 0 Å². The number of para-hydroxylation sites is 1. The number of nitrogens with one attached hydrogen (secondary N) is 1. The van der Waals surface area contributed by atoms with Crippen molar-refractivity contribution >= 4 is 16.7 Å². The summed E-state index contributed by atoms with van der Waals surface area (Å²) < 4.78 is 0.928. The minimum absolute atomic E-state index is 0.00934. The molecular weight excluding hydrogens is 342 g/mol. The highest BCUT2D eigenvalue weighted by atomic mass is 16.2. The van der Waals surface area contributed by atoms with Crippen LogP contribution in [0.15, 0.2) is 46.1 Å². The summed E-state index contributed by atoms with van der Waals surface area (Å²) in [4.78, 5) is 33.2. The van der Waals surface area contributed by atoms with E-state index in [1.165, 1.54) is 12.6 Å². The Morgan fingerprint density at radius 2 is 1.93 bits per heavy atom. The van der Waals surface area contributed by atoms with Crippen LogP contribution in [-0.4, -0.2) is 27.6 Å². The standard InChI is InChI=1S/C20H19N5O2/c1-24-19(26)16(12-21)18(23-20(24)27)25-10-7-13(8-11-25)14-6-9-22-17-5-3-2-4-15(14)17/h2-6,9,13H,7-8,10-11H2,1H3,(H,23,27). The summed E-state index contributed by atoms with van der Waals surface area (Å²) in [5, 5.41) is 10.5. The molecule has 4 rings (SSSR count). The molecule has 1 fully saturated rings. The highest BCUT2D eigenvalue weighted by Gasteiger charge is 2.25. The van der Waals surface area contributed by atoms with Gasteiger partial charge in [-0.25, -0.2) is 4.79 Å². The lowest BCUT2D eigenvalue weighted by Crippen LogP contribution is -2.41. The summed E-state index contributed by atoms with van der Waals surface area (Å²) in [6.45, 7) is 1.33. The zero-order valence-electron chi connectivity index (χ0n) is 15.0. The molecule has 0 spiro atoms. The molecule has 136 valence electrons. The molecule has 1 aliphatic rings. The van der Waals surface area contributed by atoms with E-state index >= 15 is 0 Å². The molecule has 3 heterocycles. The lowest BCUT2D eigenvalue weighted by molar-refractivity contribution is 0.503. The first-order valence-corrected chi connectivity index (χ1v) is 8.92. The lowest BCUT2D eigenvalue weighted by atomic mass is 9.87. The van der Waals surface area contributed by atoms with Crippen molar-refractivity contribution in [2.45, 2.75) is 18.8 Å². The maximum atomic E-state index is 12.2. The van der Waals surface area contributed by atoms with Crippen molar-refractivity contribution in [3.05, 3.63) is 68.5 Å². The fourth-order valence-electron chi connectivity index (χ4n) is 3.83. The zero-order chi connectivity index (χ0) is 19.0. The lowest BCUT2D eigenvalue weighted by Gasteiger charge is -2.34. The summed E-state index contributed by atoms with van der Waals surface area (Å²) in [5.74, 6) is 0.710. The fraction of sp³-hybridized carbons (Fsp3) is 0.300. The Labute approximate surface area is 155 Å². The topological polar surface area (TPSA) is 94.8 Å². The Hall–Kier alpha value is -3.40. The summed E-state index contributed by atoms with van der Waals surface area (Å²) in [6, 6.07) is 12.1. The van der Waals surface area contributed by atoms with E-state index < -0.39 is 11.2 Å². The molecule has 2 aromatic heterocycles. The third-order valence-corrected chi connectivity index (χ3v) is 5.33. The van der Waals surface area contributed by atoms with Gasteiger partial charge in [-0.3, -0.25) is 19.3 Å². The van der Waals surface area contributed by atoms with E-state index in [4.69, 9.17) is 0 Å². The van der Waals surface area contributed by atoms with Gasteiger partial charge in [0.15, 0.2) is 5.56 Å². The van der Waals surface area contributed by atoms with E-state index in [-0.39, 0.29) is 5.56 Å². The van der Waals surface area contributed by atoms with Gasteiger partial charge in [-0.15, -0.1) is 0 Å². The van der Waals surface area contributed by atoms with Crippen molar-refractivity contribution in [1.29, 1.82) is 5.26 Å². The second kappa shape index (κ2) is 6.72. The SMILES string of the molecule is Cn1c(=O)[nH]c(N2CCC(c3ccnc4ccccc34)CC2)c(C#N)c1=O. The number of hydrogen-bond donors (Lipinski definition) is 1. The van der Waals surface area contributed by atoms with Gasteiger partial charge < -0.3 is 4.90 Å². The van der Waals surface area contributed by atoms with Gasteiger partial charge in [-0.2, -0.15) is 5.26 Å². The van der Waals surface area contributed by atoms with E-state index in [0.717, 1.165) is 28.3 Å². The molecule has 1 saturated heterocycles. The zero-order valence-corrected chi connectivity index (χ0v) is 15.0. The van der Waals surface area contributed by atoms with E-state index in [1.807, 2.05) is 35.4 Å². The molecule has 1 aliphatic heterocycles. The molecule has 0 atom stereocenters. The Morgan fingerprint density at radius 3 is 2.67 bits per heavy atom. The average molecular weight is 361 g/mol. The Balaban J connectivity index is 1.63. The first-order valence-electron chi connectivity index (χ1n) is 8.92. The summed E-state index contributed by atoms with van der Waals surface area (Å²) in [7, 11) is 1.37. The first kappa shape index (κ1) is 17.0. The van der Waals surface area contributed by atoms with Crippen LogP contribution in [-0.2, 0) is 7.05 Å². The highest BCUT2D eigenvalue weighted by Crippen LogP contribution is 2.33. The number of hydrogen-bond acceptors (Lipinski definition) is 5. The van der Waals surface area contributed by atoms with Crippen LogP contribution in [0.5, 0.6) is 0 Å². The predicted octanol–water partition coefficient (Wildman–Crippen LogP) is 1.88. The average Bonchev–Trinajstić information content (AvgIpc) is 2.71. The van der Waals surface area contributed by atoms with E-state index in [0.29, 0.717) is 24.8 Å². The molecule has 7 heteroatoms. The van der Waals surface area contributed by atoms with Gasteiger partial charge in [0, 0.05) is 31.7 Å². The van der Waals surface area contributed by atoms with Crippen LogP contribution >= 0.6 is 0 Å². The van der Waals surface area contributed by atoms with Crippen LogP contribution in [0.2, 0.25) is 0 Å². The molecule has 7 nitrogen and oxygen atoms in total. The van der Waals surface area contributed by atoms with Gasteiger partial charge in [-0.05, 0) is 36.5 Å². The molecule has 0 saturated carbocycles. The van der Waals surface area contributed by atoms with Crippen molar-refractivity contribution in [3.8, 4) is 6.07 Å². The third-order valence-electron chi connectivity index (χ3n) is 5.33. The molecular formula is C20H19N5O2. The number of piperidine rings is 1. The van der Waals surface area contributed by atoms with E-state index in [1.54, 1.807) is 0 Å². The number of aromatic nitrogens is 3. The van der Waals surface area contributed by atoms with Gasteiger partial charge in [0.25, 0.3) is 5.56 Å². The molecule has 0 amide bonds. The molecule has 0 aliphatic carbocycles. The van der Waals surface area contributed by atoms with Gasteiger partial charge in [0.2, 0.25) is 0 Å². The number of H-pyrrole nitrogens is 1. The first-order chi connectivity index (χ1) is 13.1. The summed E-state index contributed by atoms with van der Waals surface area (Å²) in [5.41, 5.74) is 1.19. The molecule has 1 aromatic carbocycles. The van der Waals surface area contributed by atoms with Gasteiger partial charge >= 0.3 is 5.69 Å². The maximum absolute atomic E-state index is 12.2.